The Kier molecular flexibility index (Phi) is 6.33. The maximum absolute atomic E-state index is 10.3. The maximum atomic E-state index is 10.3. The van der Waals surface area contributed by atoms with Crippen molar-refractivity contribution < 1.29 is 61.3 Å². The fourth-order valence-electron chi connectivity index (χ4n) is 0.553. The summed E-state index contributed by atoms with van der Waals surface area (Å²) in [6.07, 6.45) is 3.17. The average molecular weight is 208 g/mol. The molecule has 1 rings (SSSR count). The molecule has 0 aromatic carbocycles. The maximum Gasteiger partial charge on any atom is 1.00 e. The van der Waals surface area contributed by atoms with Gasteiger partial charge in [-0.25, -0.2) is 9.97 Å². The molecule has 0 aliphatic carbocycles. The molecule has 0 unspecified atom stereocenters. The molecule has 6 heteroatoms. The number of carboxylic acids is 1. The summed E-state index contributed by atoms with van der Waals surface area (Å²) in [5.74, 6) is -1.28. The normalized spacial score (nSPS) is 8.75. The first kappa shape index (κ1) is 12.5. The average Bonchev–Trinajstić information content (AvgIpc) is 2.05. The van der Waals surface area contributed by atoms with Crippen LogP contribution in [0.3, 0.4) is 0 Å². The van der Waals surface area contributed by atoms with E-state index in [1.807, 2.05) is 0 Å². The van der Waals surface area contributed by atoms with E-state index in [9.17, 15) is 9.90 Å². The number of aromatic carboxylic acids is 1. The zero-order valence-corrected chi connectivity index (χ0v) is 10.7. The first-order valence-electron chi connectivity index (χ1n) is 2.82. The Bertz CT molecular complexity index is 282. The standard InChI is InChI=1S/C6H6N2O2S.K/c1-11-6-7-3-2-4(8-6)5(9)10;/h2-3H,1H3,(H,9,10);/q;+1/p-1. The molecule has 1 heterocycles. The molecule has 0 bridgehead atoms. The summed E-state index contributed by atoms with van der Waals surface area (Å²) in [4.78, 5) is 17.7. The topological polar surface area (TPSA) is 65.9 Å². The Hall–Kier alpha value is 0.536. The molecule has 0 radical (unpaired) electrons. The van der Waals surface area contributed by atoms with Gasteiger partial charge < -0.3 is 9.90 Å². The second-order valence-electron chi connectivity index (χ2n) is 1.72. The number of hydrogen-bond donors (Lipinski definition) is 0. The number of carbonyl (C=O) groups excluding carboxylic acids is 1. The van der Waals surface area contributed by atoms with E-state index in [-0.39, 0.29) is 57.1 Å². The number of carbonyl (C=O) groups is 1. The van der Waals surface area contributed by atoms with Crippen LogP contribution in [-0.2, 0) is 0 Å². The largest absolute Gasteiger partial charge is 1.00 e. The molecule has 12 heavy (non-hydrogen) atoms. The van der Waals surface area contributed by atoms with Crippen molar-refractivity contribution in [2.75, 3.05) is 6.26 Å². The van der Waals surface area contributed by atoms with Gasteiger partial charge in [-0.3, -0.25) is 0 Å². The fraction of sp³-hybridized carbons (Fsp3) is 0.167. The molecular weight excluding hydrogens is 203 g/mol. The predicted molar refractivity (Wildman–Crippen MR) is 38.1 cm³/mol. The summed E-state index contributed by atoms with van der Waals surface area (Å²) in [7, 11) is 0. The van der Waals surface area contributed by atoms with E-state index in [4.69, 9.17) is 0 Å². The SMILES string of the molecule is CSc1nccc(C(=O)[O-])n1.[K+]. The zero-order chi connectivity index (χ0) is 8.27. The van der Waals surface area contributed by atoms with Crippen molar-refractivity contribution in [3.8, 4) is 0 Å². The van der Waals surface area contributed by atoms with Crippen LogP contribution in [0.2, 0.25) is 0 Å². The third-order valence-corrected chi connectivity index (χ3v) is 1.59. The molecule has 1 aromatic heterocycles. The molecule has 0 atom stereocenters. The number of thioether (sulfide) groups is 1. The van der Waals surface area contributed by atoms with Crippen molar-refractivity contribution in [3.05, 3.63) is 18.0 Å². The zero-order valence-electron chi connectivity index (χ0n) is 6.77. The van der Waals surface area contributed by atoms with E-state index in [0.717, 1.165) is 0 Å². The molecule has 0 amide bonds. The minimum atomic E-state index is -1.28. The van der Waals surface area contributed by atoms with Crippen molar-refractivity contribution in [2.45, 2.75) is 5.16 Å². The van der Waals surface area contributed by atoms with Gasteiger partial charge in [-0.15, -0.1) is 0 Å². The van der Waals surface area contributed by atoms with Crippen LogP contribution >= 0.6 is 11.8 Å². The smallest absolute Gasteiger partial charge is 0.543 e. The fourth-order valence-corrected chi connectivity index (χ4v) is 0.909. The van der Waals surface area contributed by atoms with Gasteiger partial charge in [-0.1, -0.05) is 11.8 Å². The summed E-state index contributed by atoms with van der Waals surface area (Å²) >= 11 is 1.29. The van der Waals surface area contributed by atoms with E-state index >= 15 is 0 Å². The van der Waals surface area contributed by atoms with Crippen molar-refractivity contribution in [3.63, 3.8) is 0 Å². The molecule has 1 aromatic rings. The molecule has 0 aliphatic rings. The number of hydrogen-bond acceptors (Lipinski definition) is 5. The van der Waals surface area contributed by atoms with Crippen LogP contribution in [0.5, 0.6) is 0 Å². The molecule has 0 saturated carbocycles. The number of rotatable bonds is 2. The summed E-state index contributed by atoms with van der Waals surface area (Å²) in [5.41, 5.74) is -0.0793. The summed E-state index contributed by atoms with van der Waals surface area (Å²) in [6.45, 7) is 0. The number of aromatic nitrogens is 2. The van der Waals surface area contributed by atoms with Crippen LogP contribution in [-0.4, -0.2) is 22.2 Å². The van der Waals surface area contributed by atoms with Gasteiger partial charge in [0.1, 0.15) is 0 Å². The Morgan fingerprint density at radius 2 is 2.33 bits per heavy atom. The molecule has 0 spiro atoms. The van der Waals surface area contributed by atoms with Gasteiger partial charge in [0.05, 0.1) is 11.7 Å². The molecule has 4 nitrogen and oxygen atoms in total. The van der Waals surface area contributed by atoms with Gasteiger partial charge in [0, 0.05) is 6.20 Å². The minimum absolute atomic E-state index is 0. The Morgan fingerprint density at radius 1 is 1.67 bits per heavy atom. The third kappa shape index (κ3) is 3.50. The van der Waals surface area contributed by atoms with Crippen LogP contribution in [0, 0.1) is 0 Å². The second-order valence-corrected chi connectivity index (χ2v) is 2.49. The van der Waals surface area contributed by atoms with Crippen molar-refractivity contribution in [2.24, 2.45) is 0 Å². The molecule has 0 aliphatic heterocycles. The van der Waals surface area contributed by atoms with Crippen LogP contribution in [0.4, 0.5) is 0 Å². The molecule has 58 valence electrons. The first-order valence-corrected chi connectivity index (χ1v) is 4.05. The van der Waals surface area contributed by atoms with E-state index in [1.54, 1.807) is 6.26 Å². The number of carboxylic acid groups (broad SMARTS) is 1. The van der Waals surface area contributed by atoms with Crippen LogP contribution in [0.25, 0.3) is 0 Å². The van der Waals surface area contributed by atoms with Gasteiger partial charge >= 0.3 is 51.4 Å². The van der Waals surface area contributed by atoms with Crippen molar-refractivity contribution >= 4 is 17.7 Å². The Morgan fingerprint density at radius 3 is 2.83 bits per heavy atom. The van der Waals surface area contributed by atoms with Gasteiger partial charge in [0.15, 0.2) is 5.16 Å². The summed E-state index contributed by atoms with van der Waals surface area (Å²) < 4.78 is 0. The van der Waals surface area contributed by atoms with E-state index in [2.05, 4.69) is 9.97 Å². The van der Waals surface area contributed by atoms with E-state index < -0.39 is 5.97 Å². The monoisotopic (exact) mass is 208 g/mol. The van der Waals surface area contributed by atoms with Gasteiger partial charge in [0.25, 0.3) is 0 Å². The van der Waals surface area contributed by atoms with E-state index in [0.29, 0.717) is 5.16 Å². The minimum Gasteiger partial charge on any atom is -0.543 e. The molecule has 0 N–H and O–H groups in total. The van der Waals surface area contributed by atoms with E-state index in [1.165, 1.54) is 24.0 Å². The quantitative estimate of drug-likeness (QED) is 0.287. The molecule has 0 fully saturated rings. The number of nitrogens with zero attached hydrogens (tertiary/aromatic N) is 2. The van der Waals surface area contributed by atoms with Crippen LogP contribution in [0.1, 0.15) is 10.5 Å². The molecule has 0 saturated heterocycles. The van der Waals surface area contributed by atoms with Crippen molar-refractivity contribution in [1.29, 1.82) is 0 Å². The van der Waals surface area contributed by atoms with Gasteiger partial charge in [-0.2, -0.15) is 0 Å². The van der Waals surface area contributed by atoms with Crippen LogP contribution < -0.4 is 56.5 Å². The molecular formula is C6H5KN2O2S. The third-order valence-electron chi connectivity index (χ3n) is 1.03. The Labute approximate surface area is 117 Å². The summed E-state index contributed by atoms with van der Waals surface area (Å²) in [5, 5.41) is 10.7. The second kappa shape index (κ2) is 6.06. The van der Waals surface area contributed by atoms with Gasteiger partial charge in [-0.05, 0) is 12.3 Å². The Balaban J connectivity index is 0.00000121. The summed E-state index contributed by atoms with van der Waals surface area (Å²) in [6, 6.07) is 1.30. The van der Waals surface area contributed by atoms with Crippen molar-refractivity contribution in [1.82, 2.24) is 9.97 Å². The predicted octanol–water partition coefficient (Wildman–Crippen LogP) is -3.43. The van der Waals surface area contributed by atoms with Gasteiger partial charge in [0.2, 0.25) is 0 Å². The van der Waals surface area contributed by atoms with Crippen LogP contribution in [0.15, 0.2) is 17.4 Å². The first-order chi connectivity index (χ1) is 5.24.